The Balaban J connectivity index is 1.45. The summed E-state index contributed by atoms with van der Waals surface area (Å²) in [6, 6.07) is 19.9. The first kappa shape index (κ1) is 24.3. The maximum absolute atomic E-state index is 13.8. The molecule has 1 N–H and O–H groups in total. The van der Waals surface area contributed by atoms with Gasteiger partial charge in [-0.2, -0.15) is 0 Å². The van der Waals surface area contributed by atoms with Crippen molar-refractivity contribution >= 4 is 28.5 Å². The van der Waals surface area contributed by atoms with Crippen LogP contribution < -0.4 is 14.8 Å². The van der Waals surface area contributed by atoms with Gasteiger partial charge in [-0.15, -0.1) is 5.10 Å². The molecule has 190 valence electrons. The molecule has 0 fully saturated rings. The van der Waals surface area contributed by atoms with Gasteiger partial charge in [-0.05, 0) is 48.2 Å². The van der Waals surface area contributed by atoms with E-state index in [1.54, 1.807) is 27.8 Å². The summed E-state index contributed by atoms with van der Waals surface area (Å²) >= 11 is 0. The second-order valence-electron chi connectivity index (χ2n) is 9.43. The number of carbonyl (C=O) groups is 2. The molecule has 1 aliphatic heterocycles. The van der Waals surface area contributed by atoms with Gasteiger partial charge >= 0.3 is 0 Å². The standard InChI is InChI=1S/C28H29N5O4/c1-18(2)27(28(35)29-21-12-13-24-25(14-21)37-17-36-24)32(15-20-9-5-4-8-19(20)3)26(34)16-33-23-11-7-6-10-22(23)30-31-33/h4-14,18,27H,15-17H2,1-3H3,(H,29,35)/t27-/m1/s1. The van der Waals surface area contributed by atoms with Crippen molar-refractivity contribution in [3.63, 3.8) is 0 Å². The summed E-state index contributed by atoms with van der Waals surface area (Å²) in [5.74, 6) is 0.548. The van der Waals surface area contributed by atoms with E-state index < -0.39 is 6.04 Å². The van der Waals surface area contributed by atoms with Crippen LogP contribution in [0.5, 0.6) is 11.5 Å². The first-order valence-corrected chi connectivity index (χ1v) is 12.2. The third-order valence-corrected chi connectivity index (χ3v) is 6.50. The molecule has 2 amide bonds. The summed E-state index contributed by atoms with van der Waals surface area (Å²) in [6.45, 7) is 6.28. The molecule has 0 radical (unpaired) electrons. The van der Waals surface area contributed by atoms with Gasteiger partial charge < -0.3 is 19.7 Å². The molecule has 9 nitrogen and oxygen atoms in total. The fraction of sp³-hybridized carbons (Fsp3) is 0.286. The van der Waals surface area contributed by atoms with E-state index >= 15 is 0 Å². The second-order valence-corrected chi connectivity index (χ2v) is 9.43. The summed E-state index contributed by atoms with van der Waals surface area (Å²) < 4.78 is 12.4. The average Bonchev–Trinajstić information content (AvgIpc) is 3.51. The lowest BCUT2D eigenvalue weighted by atomic mass is 9.99. The molecule has 37 heavy (non-hydrogen) atoms. The number of nitrogens with one attached hydrogen (secondary N) is 1. The van der Waals surface area contributed by atoms with Crippen LogP contribution in [-0.2, 0) is 22.7 Å². The first-order chi connectivity index (χ1) is 17.9. The number of para-hydroxylation sites is 1. The van der Waals surface area contributed by atoms with Crippen LogP contribution in [0.4, 0.5) is 5.69 Å². The van der Waals surface area contributed by atoms with Gasteiger partial charge in [0.15, 0.2) is 11.5 Å². The molecule has 0 saturated heterocycles. The molecule has 0 bridgehead atoms. The van der Waals surface area contributed by atoms with E-state index in [2.05, 4.69) is 15.6 Å². The molecule has 5 rings (SSSR count). The molecule has 9 heteroatoms. The summed E-state index contributed by atoms with van der Waals surface area (Å²) in [5, 5.41) is 11.3. The molecule has 0 saturated carbocycles. The zero-order chi connectivity index (χ0) is 25.9. The number of carbonyl (C=O) groups excluding carboxylic acids is 2. The van der Waals surface area contributed by atoms with Crippen molar-refractivity contribution < 1.29 is 19.1 Å². The SMILES string of the molecule is Cc1ccccc1CN(C(=O)Cn1nnc2ccccc21)[C@@H](C(=O)Nc1ccc2c(c1)OCO2)C(C)C. The van der Waals surface area contributed by atoms with E-state index in [1.807, 2.05) is 69.3 Å². The van der Waals surface area contributed by atoms with Crippen molar-refractivity contribution in [2.45, 2.75) is 39.9 Å². The highest BCUT2D eigenvalue weighted by Crippen LogP contribution is 2.34. The van der Waals surface area contributed by atoms with Gasteiger partial charge in [-0.25, -0.2) is 4.68 Å². The third kappa shape index (κ3) is 5.11. The van der Waals surface area contributed by atoms with Gasteiger partial charge in [-0.1, -0.05) is 55.5 Å². The highest BCUT2D eigenvalue weighted by atomic mass is 16.7. The van der Waals surface area contributed by atoms with Gasteiger partial charge in [0, 0.05) is 18.3 Å². The maximum Gasteiger partial charge on any atom is 0.247 e. The number of hydrogen-bond donors (Lipinski definition) is 1. The molecule has 1 aliphatic rings. The van der Waals surface area contributed by atoms with Gasteiger partial charge in [0.1, 0.15) is 18.1 Å². The minimum absolute atomic E-state index is 0.0348. The van der Waals surface area contributed by atoms with Crippen LogP contribution in [0.2, 0.25) is 0 Å². The van der Waals surface area contributed by atoms with E-state index in [0.29, 0.717) is 22.7 Å². The number of anilines is 1. The molecule has 4 aromatic rings. The Morgan fingerprint density at radius 1 is 1.03 bits per heavy atom. The van der Waals surface area contributed by atoms with E-state index in [-0.39, 0.29) is 37.6 Å². The normalized spacial score (nSPS) is 13.1. The van der Waals surface area contributed by atoms with Crippen molar-refractivity contribution in [1.29, 1.82) is 0 Å². The third-order valence-electron chi connectivity index (χ3n) is 6.50. The molecule has 2 heterocycles. The topological polar surface area (TPSA) is 98.6 Å². The minimum atomic E-state index is -0.729. The van der Waals surface area contributed by atoms with Crippen LogP contribution in [0, 0.1) is 12.8 Å². The number of fused-ring (bicyclic) bond motifs is 2. The zero-order valence-electron chi connectivity index (χ0n) is 21.0. The monoisotopic (exact) mass is 499 g/mol. The number of nitrogens with zero attached hydrogens (tertiary/aromatic N) is 4. The predicted octanol–water partition coefficient (Wildman–Crippen LogP) is 4.16. The van der Waals surface area contributed by atoms with Gasteiger partial charge in [0.25, 0.3) is 0 Å². The van der Waals surface area contributed by atoms with Crippen molar-refractivity contribution in [3.05, 3.63) is 77.9 Å². The number of hydrogen-bond acceptors (Lipinski definition) is 6. The highest BCUT2D eigenvalue weighted by molar-refractivity contribution is 5.97. The zero-order valence-corrected chi connectivity index (χ0v) is 21.0. The number of aromatic nitrogens is 3. The van der Waals surface area contributed by atoms with Crippen molar-refractivity contribution in [2.75, 3.05) is 12.1 Å². The molecule has 0 unspecified atom stereocenters. The van der Waals surface area contributed by atoms with Crippen LogP contribution in [-0.4, -0.2) is 44.5 Å². The Bertz CT molecular complexity index is 1450. The maximum atomic E-state index is 13.8. The van der Waals surface area contributed by atoms with Gasteiger partial charge in [-0.3, -0.25) is 9.59 Å². The van der Waals surface area contributed by atoms with E-state index in [1.165, 1.54) is 0 Å². The fourth-order valence-corrected chi connectivity index (χ4v) is 4.56. The average molecular weight is 500 g/mol. The molecular weight excluding hydrogens is 470 g/mol. The smallest absolute Gasteiger partial charge is 0.247 e. The molecule has 0 aliphatic carbocycles. The van der Waals surface area contributed by atoms with Crippen LogP contribution in [0.25, 0.3) is 11.0 Å². The second kappa shape index (κ2) is 10.3. The summed E-state index contributed by atoms with van der Waals surface area (Å²) in [6.07, 6.45) is 0. The van der Waals surface area contributed by atoms with Crippen molar-refractivity contribution in [3.8, 4) is 11.5 Å². The van der Waals surface area contributed by atoms with Crippen molar-refractivity contribution in [2.24, 2.45) is 5.92 Å². The Labute approximate surface area is 215 Å². The predicted molar refractivity (Wildman–Crippen MR) is 139 cm³/mol. The quantitative estimate of drug-likeness (QED) is 0.391. The van der Waals surface area contributed by atoms with E-state index in [4.69, 9.17) is 9.47 Å². The molecule has 1 aromatic heterocycles. The minimum Gasteiger partial charge on any atom is -0.454 e. The molecule has 0 spiro atoms. The number of aryl methyl sites for hydroxylation is 1. The van der Waals surface area contributed by atoms with Crippen LogP contribution >= 0.6 is 0 Å². The number of amides is 2. The Morgan fingerprint density at radius 2 is 1.78 bits per heavy atom. The number of benzene rings is 3. The lowest BCUT2D eigenvalue weighted by Gasteiger charge is -2.34. The molecular formula is C28H29N5O4. The van der Waals surface area contributed by atoms with Crippen LogP contribution in [0.1, 0.15) is 25.0 Å². The number of ether oxygens (including phenoxy) is 2. The summed E-state index contributed by atoms with van der Waals surface area (Å²) in [4.78, 5) is 29.2. The van der Waals surface area contributed by atoms with E-state index in [9.17, 15) is 9.59 Å². The number of rotatable bonds is 8. The highest BCUT2D eigenvalue weighted by Gasteiger charge is 2.33. The van der Waals surface area contributed by atoms with Crippen molar-refractivity contribution in [1.82, 2.24) is 19.9 Å². The Kier molecular flexibility index (Phi) is 6.76. The lowest BCUT2D eigenvalue weighted by molar-refractivity contribution is -0.141. The molecule has 1 atom stereocenters. The largest absolute Gasteiger partial charge is 0.454 e. The summed E-state index contributed by atoms with van der Waals surface area (Å²) in [5.41, 5.74) is 4.07. The van der Waals surface area contributed by atoms with E-state index in [0.717, 1.165) is 16.6 Å². The Hall–Kier alpha value is -4.40. The van der Waals surface area contributed by atoms with Gasteiger partial charge in [0.05, 0.1) is 5.52 Å². The lowest BCUT2D eigenvalue weighted by Crippen LogP contribution is -2.51. The van der Waals surface area contributed by atoms with Gasteiger partial charge in [0.2, 0.25) is 18.6 Å². The molecule has 3 aromatic carbocycles. The Morgan fingerprint density at radius 3 is 2.59 bits per heavy atom. The van der Waals surface area contributed by atoms with Crippen LogP contribution in [0.15, 0.2) is 66.7 Å². The van der Waals surface area contributed by atoms with Crippen LogP contribution in [0.3, 0.4) is 0 Å². The first-order valence-electron chi connectivity index (χ1n) is 12.2. The fourth-order valence-electron chi connectivity index (χ4n) is 4.56. The summed E-state index contributed by atoms with van der Waals surface area (Å²) in [7, 11) is 0.